The van der Waals surface area contributed by atoms with Crippen molar-refractivity contribution in [2.75, 3.05) is 6.79 Å². The van der Waals surface area contributed by atoms with Crippen molar-refractivity contribution >= 4 is 5.78 Å². The van der Waals surface area contributed by atoms with Crippen molar-refractivity contribution in [3.05, 3.63) is 36.1 Å². The van der Waals surface area contributed by atoms with Crippen LogP contribution in [0.1, 0.15) is 26.7 Å². The molecule has 0 spiro atoms. The largest absolute Gasteiger partial charge is 0.468 e. The van der Waals surface area contributed by atoms with Crippen LogP contribution in [0.3, 0.4) is 0 Å². The first-order chi connectivity index (χ1) is 9.28. The molecule has 2 rings (SSSR count). The lowest BCUT2D eigenvalue weighted by molar-refractivity contribution is -0.112. The Hall–Kier alpha value is -1.43. The second-order valence-electron chi connectivity index (χ2n) is 5.70. The standard InChI is InChI=1S/C15H20O5/c1-4-5-15-8-10(6-12(17)14(2,3)18)11(16)7-13(15)19-9-20-15/h4,7-8,12,17-18H,1,5-6,9H2,2-3H3/t12-,15+/m0/s1. The molecule has 5 heteroatoms. The number of allylic oxidation sites excluding steroid dienone is 1. The maximum Gasteiger partial charge on any atom is 0.190 e. The van der Waals surface area contributed by atoms with Gasteiger partial charge in [0.1, 0.15) is 5.76 Å². The highest BCUT2D eigenvalue weighted by Crippen LogP contribution is 2.39. The summed E-state index contributed by atoms with van der Waals surface area (Å²) in [6, 6.07) is 0. The maximum absolute atomic E-state index is 12.0. The SMILES string of the molecule is C=CC[C@@]12C=C(C[C@H](O)C(C)(C)O)C(=O)C=C1OCO2. The molecule has 110 valence electrons. The number of hydrogen-bond acceptors (Lipinski definition) is 5. The second-order valence-corrected chi connectivity index (χ2v) is 5.70. The lowest BCUT2D eigenvalue weighted by Crippen LogP contribution is -2.38. The Morgan fingerprint density at radius 1 is 1.60 bits per heavy atom. The lowest BCUT2D eigenvalue weighted by atomic mass is 9.84. The first-order valence-corrected chi connectivity index (χ1v) is 6.55. The monoisotopic (exact) mass is 280 g/mol. The van der Waals surface area contributed by atoms with Crippen molar-refractivity contribution in [1.82, 2.24) is 0 Å². The van der Waals surface area contributed by atoms with E-state index in [0.717, 1.165) is 0 Å². The van der Waals surface area contributed by atoms with Gasteiger partial charge in [0.2, 0.25) is 0 Å². The molecule has 1 fully saturated rings. The van der Waals surface area contributed by atoms with Crippen molar-refractivity contribution in [2.45, 2.75) is 44.0 Å². The number of ketones is 1. The Morgan fingerprint density at radius 2 is 2.30 bits per heavy atom. The van der Waals surface area contributed by atoms with E-state index in [1.807, 2.05) is 0 Å². The summed E-state index contributed by atoms with van der Waals surface area (Å²) in [4.78, 5) is 12.0. The number of hydrogen-bond donors (Lipinski definition) is 2. The molecule has 2 N–H and O–H groups in total. The normalized spacial score (nSPS) is 27.3. The Balaban J connectivity index is 2.27. The van der Waals surface area contributed by atoms with E-state index in [-0.39, 0.29) is 19.0 Å². The van der Waals surface area contributed by atoms with Crippen LogP contribution in [0.5, 0.6) is 0 Å². The third kappa shape index (κ3) is 2.70. The molecule has 1 aliphatic heterocycles. The Kier molecular flexibility index (Phi) is 3.86. The van der Waals surface area contributed by atoms with Crippen molar-refractivity contribution in [3.8, 4) is 0 Å². The van der Waals surface area contributed by atoms with Crippen molar-refractivity contribution in [1.29, 1.82) is 0 Å². The van der Waals surface area contributed by atoms with E-state index in [1.54, 1.807) is 12.2 Å². The van der Waals surface area contributed by atoms with E-state index >= 15 is 0 Å². The van der Waals surface area contributed by atoms with Crippen LogP contribution in [0.15, 0.2) is 36.1 Å². The first kappa shape index (κ1) is 15.0. The topological polar surface area (TPSA) is 76.0 Å². The van der Waals surface area contributed by atoms with Gasteiger partial charge < -0.3 is 19.7 Å². The summed E-state index contributed by atoms with van der Waals surface area (Å²) < 4.78 is 10.9. The summed E-state index contributed by atoms with van der Waals surface area (Å²) in [6.07, 6.45) is 4.27. The summed E-state index contributed by atoms with van der Waals surface area (Å²) in [7, 11) is 0. The van der Waals surface area contributed by atoms with Crippen LogP contribution in [0, 0.1) is 0 Å². The van der Waals surface area contributed by atoms with Crippen LogP contribution in [0.4, 0.5) is 0 Å². The molecule has 20 heavy (non-hydrogen) atoms. The molecule has 2 aliphatic rings. The van der Waals surface area contributed by atoms with Crippen LogP contribution in [0.25, 0.3) is 0 Å². The number of carbonyl (C=O) groups is 1. The molecule has 2 atom stereocenters. The predicted molar refractivity (Wildman–Crippen MR) is 72.7 cm³/mol. The fourth-order valence-electron chi connectivity index (χ4n) is 2.28. The number of aliphatic hydroxyl groups is 2. The van der Waals surface area contributed by atoms with Gasteiger partial charge in [-0.25, -0.2) is 0 Å². The highest BCUT2D eigenvalue weighted by molar-refractivity contribution is 6.06. The van der Waals surface area contributed by atoms with Crippen molar-refractivity contribution in [3.63, 3.8) is 0 Å². The molecule has 0 aromatic carbocycles. The van der Waals surface area contributed by atoms with Crippen molar-refractivity contribution < 1.29 is 24.5 Å². The van der Waals surface area contributed by atoms with Gasteiger partial charge in [0.15, 0.2) is 18.2 Å². The quantitative estimate of drug-likeness (QED) is 0.741. The molecule has 0 bridgehead atoms. The molecule has 1 saturated heterocycles. The molecule has 1 heterocycles. The van der Waals surface area contributed by atoms with Crippen LogP contribution in [0.2, 0.25) is 0 Å². The minimum absolute atomic E-state index is 0.0639. The minimum Gasteiger partial charge on any atom is -0.468 e. The minimum atomic E-state index is -1.27. The van der Waals surface area contributed by atoms with Gasteiger partial charge in [-0.05, 0) is 19.9 Å². The number of carbonyl (C=O) groups excluding carboxylic acids is 1. The predicted octanol–water partition coefficient (Wildman–Crippen LogP) is 1.22. The molecule has 0 amide bonds. The number of rotatable bonds is 5. The zero-order chi connectivity index (χ0) is 15.0. The summed E-state index contributed by atoms with van der Waals surface area (Å²) in [5.41, 5.74) is -1.66. The van der Waals surface area contributed by atoms with Crippen LogP contribution >= 0.6 is 0 Å². The van der Waals surface area contributed by atoms with Crippen LogP contribution in [-0.2, 0) is 14.3 Å². The maximum atomic E-state index is 12.0. The van der Waals surface area contributed by atoms with Gasteiger partial charge in [0.25, 0.3) is 0 Å². The van der Waals surface area contributed by atoms with E-state index in [1.165, 1.54) is 19.9 Å². The third-order valence-corrected chi connectivity index (χ3v) is 3.61. The van der Waals surface area contributed by atoms with Gasteiger partial charge >= 0.3 is 0 Å². The Labute approximate surface area is 118 Å². The van der Waals surface area contributed by atoms with Crippen LogP contribution in [-0.4, -0.2) is 40.1 Å². The van der Waals surface area contributed by atoms with Gasteiger partial charge in [-0.1, -0.05) is 6.08 Å². The molecular weight excluding hydrogens is 260 g/mol. The lowest BCUT2D eigenvalue weighted by Gasteiger charge is -2.29. The summed E-state index contributed by atoms with van der Waals surface area (Å²) >= 11 is 0. The van der Waals surface area contributed by atoms with Gasteiger partial charge in [0.05, 0.1) is 11.7 Å². The van der Waals surface area contributed by atoms with Crippen LogP contribution < -0.4 is 0 Å². The highest BCUT2D eigenvalue weighted by Gasteiger charge is 2.43. The summed E-state index contributed by atoms with van der Waals surface area (Å²) in [5.74, 6) is 0.248. The molecule has 0 aromatic rings. The molecule has 0 unspecified atom stereocenters. The zero-order valence-electron chi connectivity index (χ0n) is 11.8. The molecule has 0 saturated carbocycles. The third-order valence-electron chi connectivity index (χ3n) is 3.61. The average Bonchev–Trinajstić information content (AvgIpc) is 2.71. The Morgan fingerprint density at radius 3 is 2.90 bits per heavy atom. The summed E-state index contributed by atoms with van der Waals surface area (Å²) in [5, 5.41) is 19.7. The van der Waals surface area contributed by atoms with E-state index in [2.05, 4.69) is 6.58 Å². The molecule has 0 aromatic heterocycles. The first-order valence-electron chi connectivity index (χ1n) is 6.55. The fraction of sp³-hybridized carbons (Fsp3) is 0.533. The zero-order valence-corrected chi connectivity index (χ0v) is 11.8. The molecule has 0 radical (unpaired) electrons. The second kappa shape index (κ2) is 5.16. The van der Waals surface area contributed by atoms with E-state index in [9.17, 15) is 15.0 Å². The van der Waals surface area contributed by atoms with E-state index < -0.39 is 17.3 Å². The average molecular weight is 280 g/mol. The van der Waals surface area contributed by atoms with Gasteiger partial charge in [-0.2, -0.15) is 0 Å². The highest BCUT2D eigenvalue weighted by atomic mass is 16.7. The smallest absolute Gasteiger partial charge is 0.190 e. The van der Waals surface area contributed by atoms with E-state index in [0.29, 0.717) is 17.8 Å². The fourth-order valence-corrected chi connectivity index (χ4v) is 2.28. The molecule has 5 nitrogen and oxygen atoms in total. The Bertz CT molecular complexity index is 483. The molecule has 1 aliphatic carbocycles. The number of fused-ring (bicyclic) bond motifs is 1. The van der Waals surface area contributed by atoms with Crippen molar-refractivity contribution in [2.24, 2.45) is 0 Å². The van der Waals surface area contributed by atoms with Gasteiger partial charge in [-0.15, -0.1) is 6.58 Å². The van der Waals surface area contributed by atoms with Gasteiger partial charge in [-0.3, -0.25) is 4.79 Å². The molecular formula is C15H20O5. The van der Waals surface area contributed by atoms with Gasteiger partial charge in [0, 0.05) is 24.5 Å². The summed E-state index contributed by atoms with van der Waals surface area (Å²) in [6.45, 7) is 6.78. The van der Waals surface area contributed by atoms with E-state index in [4.69, 9.17) is 9.47 Å². The number of ether oxygens (including phenoxy) is 2. The number of aliphatic hydroxyl groups excluding tert-OH is 1.